The number of nitrogens with zero attached hydrogens (tertiary/aromatic N) is 6. The maximum Gasteiger partial charge on any atom is 0.255 e. The first-order chi connectivity index (χ1) is 30.6. The molecule has 1 aliphatic carbocycles. The number of benzene rings is 3. The van der Waals surface area contributed by atoms with Crippen molar-refractivity contribution >= 4 is 40.7 Å². The number of carbonyl (C=O) groups excluding carboxylic acids is 4. The lowest BCUT2D eigenvalue weighted by molar-refractivity contribution is -0.140. The number of piperazine rings is 1. The number of aromatic hydroxyl groups is 1. The van der Waals surface area contributed by atoms with Gasteiger partial charge in [0.25, 0.3) is 5.91 Å². The van der Waals surface area contributed by atoms with Crippen LogP contribution in [-0.2, 0) is 20.9 Å². The molecule has 334 valence electrons. The van der Waals surface area contributed by atoms with Crippen molar-refractivity contribution in [3.05, 3.63) is 77.1 Å². The van der Waals surface area contributed by atoms with Crippen LogP contribution in [0, 0.1) is 23.1 Å². The molecule has 6 heterocycles. The van der Waals surface area contributed by atoms with Crippen LogP contribution in [0.1, 0.15) is 91.7 Å². The standard InChI is InChI=1S/C49H60FN7O6/c1-63-42-28-36(8-10-38(42)45-49(17-2-3-18-49)48(62)57(45)40-6-4-5-39(50)44(40)59)55-21-15-33(16-22-55)30-53-25-23-52(24-26-53)29-32-13-19-54(20-14-32)35-7-9-37-34(27-35)31-56(47(37)61)41-11-12-43(58)51-46(41)60/h4-10,27-28,32-33,41,45,59H,2-3,11-26,29-31H2,1H3,(H,51,58,60)/t41?,45-/m0/s1. The van der Waals surface area contributed by atoms with Gasteiger partial charge in [-0.1, -0.05) is 25.0 Å². The second-order valence-corrected chi connectivity index (χ2v) is 19.2. The first kappa shape index (κ1) is 41.8. The molecule has 1 saturated carbocycles. The highest BCUT2D eigenvalue weighted by Gasteiger charge is 2.63. The maximum absolute atomic E-state index is 14.5. The van der Waals surface area contributed by atoms with E-state index in [9.17, 15) is 28.7 Å². The Labute approximate surface area is 369 Å². The number of hydrogen-bond acceptors (Lipinski definition) is 10. The number of β-lactam (4-membered cyclic amide) rings is 1. The molecule has 2 atom stereocenters. The topological polar surface area (TPSA) is 129 Å². The third-order valence-corrected chi connectivity index (χ3v) is 15.6. The molecule has 7 aliphatic rings. The highest BCUT2D eigenvalue weighted by molar-refractivity contribution is 6.08. The molecule has 0 aromatic heterocycles. The maximum atomic E-state index is 14.5. The summed E-state index contributed by atoms with van der Waals surface area (Å²) in [6.45, 7) is 11.1. The van der Waals surface area contributed by atoms with E-state index in [0.717, 1.165) is 145 Å². The minimum absolute atomic E-state index is 0.0459. The van der Waals surface area contributed by atoms with Crippen molar-refractivity contribution in [2.24, 2.45) is 17.3 Å². The van der Waals surface area contributed by atoms with Crippen LogP contribution in [0.4, 0.5) is 21.5 Å². The summed E-state index contributed by atoms with van der Waals surface area (Å²) in [4.78, 5) is 64.5. The van der Waals surface area contributed by atoms with Crippen molar-refractivity contribution in [3.8, 4) is 11.5 Å². The number of ether oxygens (including phenoxy) is 1. The normalized spacial score (nSPS) is 24.9. The molecule has 0 radical (unpaired) electrons. The van der Waals surface area contributed by atoms with Crippen LogP contribution < -0.4 is 24.8 Å². The van der Waals surface area contributed by atoms with E-state index in [1.807, 2.05) is 12.1 Å². The first-order valence-corrected chi connectivity index (χ1v) is 23.3. The Morgan fingerprint density at radius 1 is 0.778 bits per heavy atom. The van der Waals surface area contributed by atoms with E-state index >= 15 is 0 Å². The lowest BCUT2D eigenvalue weighted by Crippen LogP contribution is -2.62. The third-order valence-electron chi connectivity index (χ3n) is 15.6. The van der Waals surface area contributed by atoms with Crippen molar-refractivity contribution < 1.29 is 33.4 Å². The summed E-state index contributed by atoms with van der Waals surface area (Å²) in [7, 11) is 1.67. The van der Waals surface area contributed by atoms with Gasteiger partial charge in [-0.25, -0.2) is 4.39 Å². The summed E-state index contributed by atoms with van der Waals surface area (Å²) < 4.78 is 20.5. The molecular weight excluding hydrogens is 802 g/mol. The van der Waals surface area contributed by atoms with Crippen molar-refractivity contribution in [2.45, 2.75) is 82.8 Å². The van der Waals surface area contributed by atoms with Gasteiger partial charge in [0, 0.05) is 107 Å². The summed E-state index contributed by atoms with van der Waals surface area (Å²) in [5, 5.41) is 13.0. The van der Waals surface area contributed by atoms with E-state index in [2.05, 4.69) is 49.2 Å². The molecule has 5 saturated heterocycles. The summed E-state index contributed by atoms with van der Waals surface area (Å²) in [5.41, 5.74) is 4.44. The van der Waals surface area contributed by atoms with E-state index in [1.54, 1.807) is 29.0 Å². The Balaban J connectivity index is 0.678. The van der Waals surface area contributed by atoms with Crippen LogP contribution in [0.2, 0.25) is 0 Å². The Bertz CT molecular complexity index is 2260. The van der Waals surface area contributed by atoms with Crippen molar-refractivity contribution in [3.63, 3.8) is 0 Å². The number of phenolic OH excluding ortho intramolecular Hbond substituents is 1. The Hall–Kier alpha value is -5.21. The summed E-state index contributed by atoms with van der Waals surface area (Å²) in [6.07, 6.45) is 8.68. The second-order valence-electron chi connectivity index (χ2n) is 19.2. The zero-order valence-electron chi connectivity index (χ0n) is 36.4. The zero-order chi connectivity index (χ0) is 43.4. The number of hydrogen-bond donors (Lipinski definition) is 2. The number of imide groups is 1. The van der Waals surface area contributed by atoms with Gasteiger partial charge in [0.2, 0.25) is 17.7 Å². The number of nitrogens with one attached hydrogen (secondary N) is 1. The van der Waals surface area contributed by atoms with E-state index in [-0.39, 0.29) is 41.8 Å². The molecule has 4 amide bonds. The first-order valence-electron chi connectivity index (χ1n) is 23.3. The number of carbonyl (C=O) groups is 4. The molecule has 10 rings (SSSR count). The van der Waals surface area contributed by atoms with Crippen LogP contribution in [0.15, 0.2) is 54.6 Å². The molecule has 2 N–H and O–H groups in total. The van der Waals surface area contributed by atoms with Crippen LogP contribution in [0.25, 0.3) is 0 Å². The monoisotopic (exact) mass is 861 g/mol. The quantitative estimate of drug-likeness (QED) is 0.194. The molecule has 63 heavy (non-hydrogen) atoms. The molecule has 3 aromatic rings. The predicted octanol–water partition coefficient (Wildman–Crippen LogP) is 5.70. The van der Waals surface area contributed by atoms with Crippen LogP contribution in [0.5, 0.6) is 11.5 Å². The van der Waals surface area contributed by atoms with E-state index in [0.29, 0.717) is 30.4 Å². The third kappa shape index (κ3) is 7.70. The number of para-hydroxylation sites is 1. The van der Waals surface area contributed by atoms with E-state index in [4.69, 9.17) is 4.74 Å². The fourth-order valence-electron chi connectivity index (χ4n) is 12.0. The van der Waals surface area contributed by atoms with Gasteiger partial charge in [0.1, 0.15) is 11.8 Å². The average Bonchev–Trinajstić information content (AvgIpc) is 3.94. The lowest BCUT2D eigenvalue weighted by atomic mass is 9.66. The molecule has 13 nitrogen and oxygen atoms in total. The summed E-state index contributed by atoms with van der Waals surface area (Å²) >= 11 is 0. The Kier molecular flexibility index (Phi) is 11.3. The van der Waals surface area contributed by atoms with E-state index in [1.165, 1.54) is 6.07 Å². The smallest absolute Gasteiger partial charge is 0.255 e. The summed E-state index contributed by atoms with van der Waals surface area (Å²) in [6, 6.07) is 15.9. The molecule has 6 aliphatic heterocycles. The van der Waals surface area contributed by atoms with Gasteiger partial charge >= 0.3 is 0 Å². The number of phenols is 1. The number of fused-ring (bicyclic) bond motifs is 1. The van der Waals surface area contributed by atoms with Gasteiger partial charge in [-0.3, -0.25) is 29.4 Å². The predicted molar refractivity (Wildman–Crippen MR) is 237 cm³/mol. The minimum atomic E-state index is -0.733. The van der Waals surface area contributed by atoms with Crippen LogP contribution in [-0.4, -0.2) is 122 Å². The van der Waals surface area contributed by atoms with Gasteiger partial charge < -0.3 is 34.3 Å². The highest BCUT2D eigenvalue weighted by Crippen LogP contribution is 2.62. The number of piperidine rings is 3. The number of amides is 4. The average molecular weight is 862 g/mol. The molecule has 6 fully saturated rings. The van der Waals surface area contributed by atoms with Gasteiger partial charge in [0.15, 0.2) is 11.6 Å². The molecule has 1 unspecified atom stereocenters. The fourth-order valence-corrected chi connectivity index (χ4v) is 12.0. The van der Waals surface area contributed by atoms with E-state index < -0.39 is 23.0 Å². The van der Waals surface area contributed by atoms with Crippen molar-refractivity contribution in [2.75, 3.05) is 87.3 Å². The fraction of sp³-hybridized carbons (Fsp3) is 0.551. The van der Waals surface area contributed by atoms with Gasteiger partial charge in [0.05, 0.1) is 24.3 Å². The highest BCUT2D eigenvalue weighted by atomic mass is 19.1. The Morgan fingerprint density at radius 3 is 2.02 bits per heavy atom. The SMILES string of the molecule is COc1cc(N2CCC(CN3CCN(CC4CCN(c5ccc6c(c5)CN(C5CCC(=O)NC5=O)C6=O)CC4)CC3)CC2)ccc1[C@@H]1N(c2cccc(F)c2O)C(=O)C12CCCC2. The minimum Gasteiger partial charge on any atom is -0.503 e. The van der Waals surface area contributed by atoms with Crippen molar-refractivity contribution in [1.29, 1.82) is 0 Å². The lowest BCUT2D eigenvalue weighted by Gasteiger charge is -2.55. The largest absolute Gasteiger partial charge is 0.503 e. The van der Waals surface area contributed by atoms with Crippen LogP contribution >= 0.6 is 0 Å². The van der Waals surface area contributed by atoms with Gasteiger partial charge in [-0.05, 0) is 98.7 Å². The van der Waals surface area contributed by atoms with Gasteiger partial charge in [-0.15, -0.1) is 0 Å². The summed E-state index contributed by atoms with van der Waals surface area (Å²) in [5.74, 6) is 0.0108. The molecule has 14 heteroatoms. The molecule has 0 bridgehead atoms. The van der Waals surface area contributed by atoms with Crippen molar-refractivity contribution in [1.82, 2.24) is 20.0 Å². The second kappa shape index (κ2) is 17.1. The number of methoxy groups -OCH3 is 1. The molecular formula is C49H60FN7O6. The number of halogens is 1. The number of anilines is 3. The Morgan fingerprint density at radius 2 is 1.40 bits per heavy atom. The molecule has 3 aromatic carbocycles. The zero-order valence-corrected chi connectivity index (χ0v) is 36.4. The number of rotatable bonds is 10. The van der Waals surface area contributed by atoms with Crippen LogP contribution in [0.3, 0.4) is 0 Å². The van der Waals surface area contributed by atoms with Gasteiger partial charge in [-0.2, -0.15) is 0 Å². The molecule has 1 spiro atoms.